The summed E-state index contributed by atoms with van der Waals surface area (Å²) in [6, 6.07) is 47.5. The molecule has 0 aliphatic rings. The molecule has 51 heavy (non-hydrogen) atoms. The van der Waals surface area contributed by atoms with Gasteiger partial charge in [-0.3, -0.25) is 4.98 Å². The average molecular weight is 668 g/mol. The van der Waals surface area contributed by atoms with Gasteiger partial charge < -0.3 is 9.13 Å². The summed E-state index contributed by atoms with van der Waals surface area (Å²) in [5.41, 5.74) is 8.95. The molecule has 3 nitrogen and oxygen atoms in total. The van der Waals surface area contributed by atoms with E-state index in [1.165, 1.54) is 12.1 Å². The first-order valence-corrected chi connectivity index (χ1v) is 16.9. The van der Waals surface area contributed by atoms with E-state index in [4.69, 9.17) is 4.98 Å². The van der Waals surface area contributed by atoms with Gasteiger partial charge in [0.15, 0.2) is 0 Å². The summed E-state index contributed by atoms with van der Waals surface area (Å²) in [5.74, 6) is 0. The predicted molar refractivity (Wildman–Crippen MR) is 203 cm³/mol. The monoisotopic (exact) mass is 667 g/mol. The van der Waals surface area contributed by atoms with Crippen molar-refractivity contribution in [3.05, 3.63) is 163 Å². The van der Waals surface area contributed by atoms with Gasteiger partial charge in [-0.05, 0) is 102 Å². The number of hydrogen-bond donors (Lipinski definition) is 0. The number of benzene rings is 7. The van der Waals surface area contributed by atoms with Crippen molar-refractivity contribution in [3.8, 4) is 22.5 Å². The minimum Gasteiger partial charge on any atom is -0.309 e. The van der Waals surface area contributed by atoms with Gasteiger partial charge in [0.25, 0.3) is 0 Å². The third-order valence-corrected chi connectivity index (χ3v) is 10.3. The van der Waals surface area contributed by atoms with Crippen LogP contribution in [-0.2, 0) is 6.18 Å². The van der Waals surface area contributed by atoms with Crippen LogP contribution in [0.4, 0.5) is 13.2 Å². The first-order chi connectivity index (χ1) is 24.9. The molecule has 7 aromatic carbocycles. The summed E-state index contributed by atoms with van der Waals surface area (Å²) < 4.78 is 46.0. The van der Waals surface area contributed by atoms with Crippen molar-refractivity contribution in [2.45, 2.75) is 13.1 Å². The Balaban J connectivity index is 1.33. The second kappa shape index (κ2) is 10.8. The van der Waals surface area contributed by atoms with Gasteiger partial charge >= 0.3 is 6.18 Å². The van der Waals surface area contributed by atoms with Crippen molar-refractivity contribution >= 4 is 65.3 Å². The third kappa shape index (κ3) is 4.36. The molecule has 0 fully saturated rings. The quantitative estimate of drug-likeness (QED) is 0.172. The van der Waals surface area contributed by atoms with E-state index in [0.717, 1.165) is 93.7 Å². The minimum absolute atomic E-state index is 0.462. The number of alkyl halides is 3. The maximum atomic E-state index is 13.9. The fraction of sp³-hybridized carbons (Fsp3) is 0.0444. The second-order valence-corrected chi connectivity index (χ2v) is 13.2. The summed E-state index contributed by atoms with van der Waals surface area (Å²) in [4.78, 5) is 5.01. The number of pyridine rings is 1. The molecule has 10 aromatic rings. The van der Waals surface area contributed by atoms with E-state index in [1.54, 1.807) is 6.07 Å². The fourth-order valence-corrected chi connectivity index (χ4v) is 8.10. The molecule has 6 heteroatoms. The number of aryl methyl sites for hydroxylation is 1. The molecular formula is C45H28F3N3. The zero-order valence-corrected chi connectivity index (χ0v) is 27.4. The lowest BCUT2D eigenvalue weighted by Crippen LogP contribution is -2.06. The number of rotatable bonds is 3. The summed E-state index contributed by atoms with van der Waals surface area (Å²) in [6.45, 7) is 2.13. The van der Waals surface area contributed by atoms with Gasteiger partial charge in [0.2, 0.25) is 0 Å². The third-order valence-electron chi connectivity index (χ3n) is 10.3. The summed E-state index contributed by atoms with van der Waals surface area (Å²) >= 11 is 0. The van der Waals surface area contributed by atoms with Crippen LogP contribution >= 0.6 is 0 Å². The van der Waals surface area contributed by atoms with Crippen molar-refractivity contribution in [3.63, 3.8) is 0 Å². The van der Waals surface area contributed by atoms with Crippen molar-refractivity contribution < 1.29 is 13.2 Å². The largest absolute Gasteiger partial charge is 0.416 e. The SMILES string of the molecule is Cc1ccnc2c1c(-c1cccc3c1c1ccccc1n3-c1ccccc1)cc1cc3c(cc12)c1ccccc1n3-c1cccc(C(F)(F)F)c1. The molecule has 0 radical (unpaired) electrons. The van der Waals surface area contributed by atoms with Gasteiger partial charge in [-0.1, -0.05) is 72.8 Å². The summed E-state index contributed by atoms with van der Waals surface area (Å²) in [6.07, 6.45) is -2.59. The first-order valence-electron chi connectivity index (χ1n) is 16.9. The molecule has 0 unspecified atom stereocenters. The van der Waals surface area contributed by atoms with Gasteiger partial charge in [-0.2, -0.15) is 13.2 Å². The molecule has 0 amide bonds. The first kappa shape index (κ1) is 29.5. The zero-order valence-electron chi connectivity index (χ0n) is 27.4. The highest BCUT2D eigenvalue weighted by Gasteiger charge is 2.31. The standard InChI is InChI=1S/C45H28F3N3/c1-27-21-22-49-44-35-26-36-32-15-5-7-18-38(32)51(31-14-9-11-29(25-31)45(46,47)48)41(36)24-28(35)23-37(42(27)44)33-17-10-20-40-43(33)34-16-6-8-19-39(34)50(40)30-12-3-2-4-13-30/h2-26H,1H3. The molecule has 10 rings (SSSR count). The highest BCUT2D eigenvalue weighted by Crippen LogP contribution is 2.45. The number of aromatic nitrogens is 3. The number of nitrogens with zero attached hydrogens (tertiary/aromatic N) is 3. The van der Waals surface area contributed by atoms with Crippen molar-refractivity contribution in [2.75, 3.05) is 0 Å². The molecule has 0 aliphatic heterocycles. The van der Waals surface area contributed by atoms with Crippen LogP contribution < -0.4 is 0 Å². The molecule has 0 saturated carbocycles. The van der Waals surface area contributed by atoms with Gasteiger partial charge in [-0.25, -0.2) is 0 Å². The van der Waals surface area contributed by atoms with Crippen LogP contribution in [0.15, 0.2) is 152 Å². The Labute approximate surface area is 290 Å². The van der Waals surface area contributed by atoms with Crippen LogP contribution in [0.3, 0.4) is 0 Å². The van der Waals surface area contributed by atoms with Crippen LogP contribution in [0.1, 0.15) is 11.1 Å². The molecule has 0 bridgehead atoms. The van der Waals surface area contributed by atoms with Crippen LogP contribution in [-0.4, -0.2) is 14.1 Å². The van der Waals surface area contributed by atoms with Crippen LogP contribution in [0.2, 0.25) is 0 Å². The van der Waals surface area contributed by atoms with Crippen LogP contribution in [0.25, 0.3) is 87.8 Å². The zero-order chi connectivity index (χ0) is 34.4. The minimum atomic E-state index is -4.45. The normalized spacial score (nSPS) is 12.3. The number of halogens is 3. The smallest absolute Gasteiger partial charge is 0.309 e. The molecule has 3 heterocycles. The molecular weight excluding hydrogens is 640 g/mol. The number of hydrogen-bond acceptors (Lipinski definition) is 1. The molecule has 3 aromatic heterocycles. The van der Waals surface area contributed by atoms with E-state index in [1.807, 2.05) is 41.1 Å². The Morgan fingerprint density at radius 3 is 1.96 bits per heavy atom. The average Bonchev–Trinajstić information content (AvgIpc) is 3.66. The Morgan fingerprint density at radius 1 is 0.490 bits per heavy atom. The van der Waals surface area contributed by atoms with E-state index >= 15 is 0 Å². The van der Waals surface area contributed by atoms with Crippen molar-refractivity contribution in [1.29, 1.82) is 0 Å². The van der Waals surface area contributed by atoms with Crippen molar-refractivity contribution in [1.82, 2.24) is 14.1 Å². The lowest BCUT2D eigenvalue weighted by atomic mass is 9.90. The van der Waals surface area contributed by atoms with Gasteiger partial charge in [-0.15, -0.1) is 0 Å². The van der Waals surface area contributed by atoms with Gasteiger partial charge in [0, 0.05) is 49.9 Å². The molecule has 0 atom stereocenters. The van der Waals surface area contributed by atoms with Crippen molar-refractivity contribution in [2.24, 2.45) is 0 Å². The summed E-state index contributed by atoms with van der Waals surface area (Å²) in [5, 5.41) is 7.27. The second-order valence-electron chi connectivity index (χ2n) is 13.2. The summed E-state index contributed by atoms with van der Waals surface area (Å²) in [7, 11) is 0. The van der Waals surface area contributed by atoms with Crippen LogP contribution in [0, 0.1) is 6.92 Å². The fourth-order valence-electron chi connectivity index (χ4n) is 8.10. The Kier molecular flexibility index (Phi) is 6.25. The Bertz CT molecular complexity index is 3020. The van der Waals surface area contributed by atoms with E-state index in [-0.39, 0.29) is 0 Å². The predicted octanol–water partition coefficient (Wildman–Crippen LogP) is 12.6. The van der Waals surface area contributed by atoms with E-state index in [2.05, 4.69) is 102 Å². The van der Waals surface area contributed by atoms with E-state index < -0.39 is 11.7 Å². The Hall–Kier alpha value is -6.40. The van der Waals surface area contributed by atoms with E-state index in [0.29, 0.717) is 5.69 Å². The maximum absolute atomic E-state index is 13.9. The highest BCUT2D eigenvalue weighted by atomic mass is 19.4. The van der Waals surface area contributed by atoms with Crippen LogP contribution in [0.5, 0.6) is 0 Å². The molecule has 244 valence electrons. The topological polar surface area (TPSA) is 22.8 Å². The molecule has 0 saturated heterocycles. The lowest BCUT2D eigenvalue weighted by molar-refractivity contribution is -0.137. The highest BCUT2D eigenvalue weighted by molar-refractivity contribution is 6.23. The molecule has 0 N–H and O–H groups in total. The number of para-hydroxylation sites is 3. The maximum Gasteiger partial charge on any atom is 0.416 e. The molecule has 0 spiro atoms. The van der Waals surface area contributed by atoms with E-state index in [9.17, 15) is 13.2 Å². The van der Waals surface area contributed by atoms with Gasteiger partial charge in [0.05, 0.1) is 33.1 Å². The molecule has 0 aliphatic carbocycles. The Morgan fingerprint density at radius 2 is 1.16 bits per heavy atom. The lowest BCUT2D eigenvalue weighted by Gasteiger charge is -2.15. The van der Waals surface area contributed by atoms with Gasteiger partial charge in [0.1, 0.15) is 0 Å². The number of fused-ring (bicyclic) bond motifs is 9.